The van der Waals surface area contributed by atoms with Crippen LogP contribution < -0.4 is 20.1 Å². The number of nitrogens with one attached hydrogen (secondary N) is 3. The predicted molar refractivity (Wildman–Crippen MR) is 127 cm³/mol. The molecule has 2 aromatic rings. The lowest BCUT2D eigenvalue weighted by Gasteiger charge is -2.15. The Morgan fingerprint density at radius 1 is 1.06 bits per heavy atom. The van der Waals surface area contributed by atoms with Crippen molar-refractivity contribution in [2.24, 2.45) is 4.99 Å². The van der Waals surface area contributed by atoms with E-state index in [1.165, 1.54) is 0 Å². The summed E-state index contributed by atoms with van der Waals surface area (Å²) in [5.41, 5.74) is 3.80. The first-order valence-electron chi connectivity index (χ1n) is 10.5. The quantitative estimate of drug-likeness (QED) is 0.385. The molecule has 2 aromatic carbocycles. The van der Waals surface area contributed by atoms with Crippen LogP contribution in [0, 0.1) is 6.92 Å². The molecular weight excluding hydrogens is 412 g/mol. The molecule has 31 heavy (non-hydrogen) atoms. The van der Waals surface area contributed by atoms with Crippen LogP contribution in [0.15, 0.2) is 47.5 Å². The first-order valence-corrected chi connectivity index (χ1v) is 12.1. The lowest BCUT2D eigenvalue weighted by molar-refractivity contribution is 0.409. The molecule has 0 saturated heterocycles. The van der Waals surface area contributed by atoms with Crippen molar-refractivity contribution in [1.82, 2.24) is 15.4 Å². The predicted octanol–water partition coefficient (Wildman–Crippen LogP) is 3.09. The van der Waals surface area contributed by atoms with Crippen LogP contribution in [0.2, 0.25) is 0 Å². The van der Waals surface area contributed by atoms with Crippen LogP contribution in [0.3, 0.4) is 0 Å². The Labute approximate surface area is 186 Å². The molecule has 0 aliphatic carbocycles. The minimum atomic E-state index is -3.40. The molecule has 0 radical (unpaired) electrons. The number of benzene rings is 2. The Morgan fingerprint density at radius 3 is 2.42 bits per heavy atom. The fourth-order valence-corrected chi connectivity index (χ4v) is 4.64. The fourth-order valence-electron chi connectivity index (χ4n) is 3.14. The highest BCUT2D eigenvalue weighted by Crippen LogP contribution is 2.20. The van der Waals surface area contributed by atoms with Crippen molar-refractivity contribution in [1.29, 1.82) is 0 Å². The summed E-state index contributed by atoms with van der Waals surface area (Å²) in [7, 11) is -1.74. The lowest BCUT2D eigenvalue weighted by Crippen LogP contribution is -2.37. The van der Waals surface area contributed by atoms with Gasteiger partial charge in [0, 0.05) is 24.7 Å². The summed E-state index contributed by atoms with van der Waals surface area (Å²) in [6.45, 7) is 9.29. The number of sulfonamides is 1. The Hall–Kier alpha value is -2.58. The minimum absolute atomic E-state index is 0.0583. The van der Waals surface area contributed by atoms with Crippen molar-refractivity contribution in [3.63, 3.8) is 0 Å². The summed E-state index contributed by atoms with van der Waals surface area (Å²) in [5, 5.41) is 6.54. The van der Waals surface area contributed by atoms with E-state index in [4.69, 9.17) is 4.74 Å². The molecule has 0 bridgehead atoms. The van der Waals surface area contributed by atoms with Crippen molar-refractivity contribution in [2.45, 2.75) is 52.6 Å². The van der Waals surface area contributed by atoms with Gasteiger partial charge in [-0.05, 0) is 50.5 Å². The molecule has 7 nitrogen and oxygen atoms in total. The van der Waals surface area contributed by atoms with Crippen LogP contribution >= 0.6 is 0 Å². The van der Waals surface area contributed by atoms with E-state index in [0.717, 1.165) is 28.0 Å². The molecule has 0 aliphatic heterocycles. The SMILES string of the molecule is CCNC(=NCc1ccc(C)cc1OC)NCc1ccccc1CS(=O)(=O)NC(C)C. The van der Waals surface area contributed by atoms with Crippen LogP contribution in [-0.2, 0) is 28.9 Å². The highest BCUT2D eigenvalue weighted by atomic mass is 32.2. The average Bonchev–Trinajstić information content (AvgIpc) is 2.70. The van der Waals surface area contributed by atoms with E-state index in [-0.39, 0.29) is 11.8 Å². The standard InChI is InChI=1S/C23H34N4O3S/c1-6-24-23(26-15-20-12-11-18(4)13-22(20)30-5)25-14-19-9-7-8-10-21(19)16-31(28,29)27-17(2)3/h7-13,17,27H,6,14-16H2,1-5H3,(H2,24,25,26). The summed E-state index contributed by atoms with van der Waals surface area (Å²) in [5.74, 6) is 1.41. The summed E-state index contributed by atoms with van der Waals surface area (Å²) in [4.78, 5) is 4.66. The Kier molecular flexibility index (Phi) is 9.33. The van der Waals surface area contributed by atoms with Gasteiger partial charge in [0.1, 0.15) is 5.75 Å². The number of ether oxygens (including phenoxy) is 1. The third kappa shape index (κ3) is 8.22. The second-order valence-corrected chi connectivity index (χ2v) is 9.42. The minimum Gasteiger partial charge on any atom is -0.496 e. The van der Waals surface area contributed by atoms with E-state index in [0.29, 0.717) is 25.6 Å². The van der Waals surface area contributed by atoms with E-state index in [9.17, 15) is 8.42 Å². The summed E-state index contributed by atoms with van der Waals surface area (Å²) in [6, 6.07) is 13.4. The van der Waals surface area contributed by atoms with Gasteiger partial charge in [0.25, 0.3) is 0 Å². The highest BCUT2D eigenvalue weighted by molar-refractivity contribution is 7.88. The van der Waals surface area contributed by atoms with Crippen molar-refractivity contribution in [3.05, 3.63) is 64.7 Å². The topological polar surface area (TPSA) is 91.8 Å². The molecule has 0 saturated carbocycles. The molecule has 0 fully saturated rings. The van der Waals surface area contributed by atoms with Crippen LogP contribution in [-0.4, -0.2) is 34.1 Å². The van der Waals surface area contributed by atoms with Gasteiger partial charge < -0.3 is 15.4 Å². The Morgan fingerprint density at radius 2 is 1.77 bits per heavy atom. The Bertz CT molecular complexity index is 988. The maximum atomic E-state index is 12.4. The number of aryl methyl sites for hydroxylation is 1. The number of rotatable bonds is 10. The van der Waals surface area contributed by atoms with E-state index >= 15 is 0 Å². The van der Waals surface area contributed by atoms with Crippen LogP contribution in [0.5, 0.6) is 5.75 Å². The number of hydrogen-bond donors (Lipinski definition) is 3. The molecule has 0 spiro atoms. The second-order valence-electron chi connectivity index (χ2n) is 7.66. The molecule has 8 heteroatoms. The molecule has 170 valence electrons. The van der Waals surface area contributed by atoms with Gasteiger partial charge in [-0.25, -0.2) is 18.1 Å². The number of nitrogens with zero attached hydrogens (tertiary/aromatic N) is 1. The monoisotopic (exact) mass is 446 g/mol. The summed E-state index contributed by atoms with van der Waals surface area (Å²) in [6.07, 6.45) is 0. The maximum absolute atomic E-state index is 12.4. The van der Waals surface area contributed by atoms with Crippen LogP contribution in [0.25, 0.3) is 0 Å². The fraction of sp³-hybridized carbons (Fsp3) is 0.435. The van der Waals surface area contributed by atoms with E-state index in [2.05, 4.69) is 20.3 Å². The molecule has 0 amide bonds. The van der Waals surface area contributed by atoms with Gasteiger partial charge in [-0.15, -0.1) is 0 Å². The largest absolute Gasteiger partial charge is 0.496 e. The van der Waals surface area contributed by atoms with Gasteiger partial charge in [0.2, 0.25) is 10.0 Å². The van der Waals surface area contributed by atoms with Gasteiger partial charge in [0.05, 0.1) is 19.4 Å². The van der Waals surface area contributed by atoms with Crippen LogP contribution in [0.4, 0.5) is 0 Å². The number of methoxy groups -OCH3 is 1. The van der Waals surface area contributed by atoms with E-state index in [1.807, 2.05) is 70.2 Å². The van der Waals surface area contributed by atoms with Gasteiger partial charge >= 0.3 is 0 Å². The van der Waals surface area contributed by atoms with Gasteiger partial charge in [-0.1, -0.05) is 36.4 Å². The molecule has 0 aromatic heterocycles. The first kappa shape index (κ1) is 24.7. The van der Waals surface area contributed by atoms with Crippen molar-refractivity contribution in [2.75, 3.05) is 13.7 Å². The second kappa shape index (κ2) is 11.7. The van der Waals surface area contributed by atoms with Gasteiger partial charge in [-0.2, -0.15) is 0 Å². The lowest BCUT2D eigenvalue weighted by atomic mass is 10.1. The van der Waals surface area contributed by atoms with Gasteiger partial charge in [-0.3, -0.25) is 0 Å². The van der Waals surface area contributed by atoms with Crippen molar-refractivity contribution < 1.29 is 13.2 Å². The molecule has 0 unspecified atom stereocenters. The zero-order valence-corrected chi connectivity index (χ0v) is 19.8. The third-order valence-electron chi connectivity index (χ3n) is 4.52. The van der Waals surface area contributed by atoms with E-state index in [1.54, 1.807) is 7.11 Å². The number of hydrogen-bond acceptors (Lipinski definition) is 4. The van der Waals surface area contributed by atoms with Crippen LogP contribution in [0.1, 0.15) is 43.0 Å². The summed E-state index contributed by atoms with van der Waals surface area (Å²) < 4.78 is 32.8. The average molecular weight is 447 g/mol. The van der Waals surface area contributed by atoms with Gasteiger partial charge in [0.15, 0.2) is 5.96 Å². The van der Waals surface area contributed by atoms with Crippen molar-refractivity contribution >= 4 is 16.0 Å². The maximum Gasteiger partial charge on any atom is 0.216 e. The van der Waals surface area contributed by atoms with E-state index < -0.39 is 10.0 Å². The molecule has 0 heterocycles. The number of aliphatic imine (C=N–C) groups is 1. The molecular formula is C23H34N4O3S. The zero-order chi connectivity index (χ0) is 22.9. The van der Waals surface area contributed by atoms with Crippen molar-refractivity contribution in [3.8, 4) is 5.75 Å². The smallest absolute Gasteiger partial charge is 0.216 e. The molecule has 3 N–H and O–H groups in total. The molecule has 0 atom stereocenters. The Balaban J connectivity index is 2.13. The molecule has 0 aliphatic rings. The normalized spacial score (nSPS) is 12.1. The first-order chi connectivity index (χ1) is 14.7. The third-order valence-corrected chi connectivity index (χ3v) is 6.04. The highest BCUT2D eigenvalue weighted by Gasteiger charge is 2.15. The number of guanidine groups is 1. The summed E-state index contributed by atoms with van der Waals surface area (Å²) >= 11 is 0. The molecule has 2 rings (SSSR count). The zero-order valence-electron chi connectivity index (χ0n) is 19.0.